The smallest absolute Gasteiger partial charge is 0.269 e. The van der Waals surface area contributed by atoms with E-state index in [1.807, 2.05) is 0 Å². The summed E-state index contributed by atoms with van der Waals surface area (Å²) in [5, 5.41) is 11.4. The topological polar surface area (TPSA) is 93.1 Å². The summed E-state index contributed by atoms with van der Waals surface area (Å²) in [6, 6.07) is 21.2. The molecule has 6 nitrogen and oxygen atoms in total. The molecule has 0 atom stereocenters. The Labute approximate surface area is 159 Å². The second kappa shape index (κ2) is 6.92. The molecule has 6 heteroatoms. The summed E-state index contributed by atoms with van der Waals surface area (Å²) in [6.45, 7) is 0. The fourth-order valence-corrected chi connectivity index (χ4v) is 3.16. The lowest BCUT2D eigenvalue weighted by atomic mass is 9.96. The fourth-order valence-electron chi connectivity index (χ4n) is 3.16. The number of hydrogen-bond acceptors (Lipinski definition) is 4. The monoisotopic (exact) mass is 370 g/mol. The van der Waals surface area contributed by atoms with Crippen molar-refractivity contribution in [3.05, 3.63) is 110 Å². The number of pyridine rings is 1. The number of aromatic nitrogens is 1. The Kier molecular flexibility index (Phi) is 4.29. The van der Waals surface area contributed by atoms with Crippen LogP contribution in [-0.4, -0.2) is 15.7 Å². The number of carbonyl (C=O) groups excluding carboxylic acids is 1. The molecule has 0 aliphatic heterocycles. The number of nitro benzene ring substituents is 1. The van der Waals surface area contributed by atoms with Gasteiger partial charge in [0.25, 0.3) is 5.69 Å². The number of nitrogens with one attached hydrogen (secondary N) is 1. The summed E-state index contributed by atoms with van der Waals surface area (Å²) < 4.78 is 0. The molecular formula is C22H14N2O4. The summed E-state index contributed by atoms with van der Waals surface area (Å²) in [5.74, 6) is -0.322. The van der Waals surface area contributed by atoms with E-state index in [2.05, 4.69) is 4.98 Å². The van der Waals surface area contributed by atoms with Crippen molar-refractivity contribution in [2.75, 3.05) is 0 Å². The van der Waals surface area contributed by atoms with Gasteiger partial charge in [0, 0.05) is 28.6 Å². The Morgan fingerprint density at radius 2 is 1.50 bits per heavy atom. The highest BCUT2D eigenvalue weighted by atomic mass is 16.6. The minimum Gasteiger partial charge on any atom is -0.351 e. The van der Waals surface area contributed by atoms with Crippen LogP contribution in [0.1, 0.15) is 16.1 Å². The molecule has 0 unspecified atom stereocenters. The highest BCUT2D eigenvalue weighted by molar-refractivity contribution is 6.12. The van der Waals surface area contributed by atoms with Crippen LogP contribution in [0.5, 0.6) is 0 Å². The van der Waals surface area contributed by atoms with Gasteiger partial charge in [-0.25, -0.2) is 0 Å². The molecule has 0 radical (unpaired) electrons. The molecule has 0 aliphatic carbocycles. The van der Waals surface area contributed by atoms with Crippen LogP contribution >= 0.6 is 0 Å². The molecule has 0 fully saturated rings. The molecule has 136 valence electrons. The third-order valence-electron chi connectivity index (χ3n) is 4.54. The third kappa shape index (κ3) is 2.97. The van der Waals surface area contributed by atoms with Gasteiger partial charge in [-0.2, -0.15) is 0 Å². The zero-order valence-electron chi connectivity index (χ0n) is 14.6. The number of carbonyl (C=O) groups is 1. The quantitative estimate of drug-likeness (QED) is 0.329. The molecule has 4 aromatic rings. The van der Waals surface area contributed by atoms with Gasteiger partial charge in [0.1, 0.15) is 0 Å². The average molecular weight is 370 g/mol. The van der Waals surface area contributed by atoms with E-state index in [9.17, 15) is 19.7 Å². The molecule has 4 rings (SSSR count). The van der Waals surface area contributed by atoms with E-state index in [1.165, 1.54) is 24.3 Å². The number of ketones is 1. The van der Waals surface area contributed by atoms with Crippen molar-refractivity contribution in [3.8, 4) is 11.1 Å². The highest BCUT2D eigenvalue weighted by Crippen LogP contribution is 2.26. The SMILES string of the molecule is O=C(c1ccccc1)c1[nH]c2ccccc2c(=O)c1-c1ccc([N+](=O)[O-])cc1. The van der Waals surface area contributed by atoms with Gasteiger partial charge in [0.15, 0.2) is 5.43 Å². The number of nitro groups is 1. The minimum absolute atomic E-state index is 0.0862. The zero-order valence-corrected chi connectivity index (χ0v) is 14.6. The lowest BCUT2D eigenvalue weighted by Crippen LogP contribution is -2.16. The molecule has 0 saturated heterocycles. The van der Waals surface area contributed by atoms with Gasteiger partial charge in [0.2, 0.25) is 5.78 Å². The van der Waals surface area contributed by atoms with Gasteiger partial charge in [-0.05, 0) is 29.8 Å². The van der Waals surface area contributed by atoms with Crippen LogP contribution in [0.3, 0.4) is 0 Å². The van der Waals surface area contributed by atoms with Crippen LogP contribution in [-0.2, 0) is 0 Å². The normalized spacial score (nSPS) is 10.7. The summed E-state index contributed by atoms with van der Waals surface area (Å²) in [7, 11) is 0. The van der Waals surface area contributed by atoms with E-state index in [-0.39, 0.29) is 28.2 Å². The van der Waals surface area contributed by atoms with Crippen molar-refractivity contribution in [2.45, 2.75) is 0 Å². The molecule has 0 amide bonds. The van der Waals surface area contributed by atoms with E-state index in [1.54, 1.807) is 54.6 Å². The Morgan fingerprint density at radius 3 is 2.18 bits per heavy atom. The molecule has 0 spiro atoms. The first-order valence-electron chi connectivity index (χ1n) is 8.56. The Hall–Kier alpha value is -4.06. The summed E-state index contributed by atoms with van der Waals surface area (Å²) in [4.78, 5) is 39.8. The number of aromatic amines is 1. The van der Waals surface area contributed by atoms with Gasteiger partial charge >= 0.3 is 0 Å². The maximum Gasteiger partial charge on any atom is 0.269 e. The molecule has 0 saturated carbocycles. The van der Waals surface area contributed by atoms with Crippen LogP contribution in [0.25, 0.3) is 22.0 Å². The molecule has 0 aliphatic rings. The summed E-state index contributed by atoms with van der Waals surface area (Å²) in [5.41, 5.74) is 1.40. The predicted molar refractivity (Wildman–Crippen MR) is 107 cm³/mol. The highest BCUT2D eigenvalue weighted by Gasteiger charge is 2.21. The summed E-state index contributed by atoms with van der Waals surface area (Å²) >= 11 is 0. The van der Waals surface area contributed by atoms with Crippen LogP contribution in [0, 0.1) is 10.1 Å². The first-order valence-corrected chi connectivity index (χ1v) is 8.56. The predicted octanol–water partition coefficient (Wildman–Crippen LogP) is 4.33. The molecule has 1 heterocycles. The second-order valence-corrected chi connectivity index (χ2v) is 6.25. The van der Waals surface area contributed by atoms with Crippen molar-refractivity contribution in [3.63, 3.8) is 0 Å². The van der Waals surface area contributed by atoms with Gasteiger partial charge < -0.3 is 4.98 Å². The fraction of sp³-hybridized carbons (Fsp3) is 0. The van der Waals surface area contributed by atoms with E-state index < -0.39 is 4.92 Å². The second-order valence-electron chi connectivity index (χ2n) is 6.25. The van der Waals surface area contributed by atoms with Gasteiger partial charge in [-0.15, -0.1) is 0 Å². The van der Waals surface area contributed by atoms with Crippen molar-refractivity contribution in [1.29, 1.82) is 0 Å². The van der Waals surface area contributed by atoms with Crippen LogP contribution < -0.4 is 5.43 Å². The van der Waals surface area contributed by atoms with Crippen LogP contribution in [0.2, 0.25) is 0 Å². The average Bonchev–Trinajstić information content (AvgIpc) is 2.74. The maximum absolute atomic E-state index is 13.2. The molecule has 0 bridgehead atoms. The molecule has 28 heavy (non-hydrogen) atoms. The molecular weight excluding hydrogens is 356 g/mol. The number of benzene rings is 3. The Morgan fingerprint density at radius 1 is 0.857 bits per heavy atom. The largest absolute Gasteiger partial charge is 0.351 e. The van der Waals surface area contributed by atoms with E-state index >= 15 is 0 Å². The van der Waals surface area contributed by atoms with Crippen molar-refractivity contribution in [1.82, 2.24) is 4.98 Å². The van der Waals surface area contributed by atoms with Gasteiger partial charge in [0.05, 0.1) is 16.2 Å². The van der Waals surface area contributed by atoms with Crippen molar-refractivity contribution >= 4 is 22.4 Å². The lowest BCUT2D eigenvalue weighted by Gasteiger charge is -2.11. The van der Waals surface area contributed by atoms with Gasteiger partial charge in [-0.3, -0.25) is 19.7 Å². The van der Waals surface area contributed by atoms with E-state index in [4.69, 9.17) is 0 Å². The summed E-state index contributed by atoms with van der Waals surface area (Å²) in [6.07, 6.45) is 0. The third-order valence-corrected chi connectivity index (χ3v) is 4.54. The number of fused-ring (bicyclic) bond motifs is 1. The Balaban J connectivity index is 2.00. The van der Waals surface area contributed by atoms with E-state index in [0.717, 1.165) is 0 Å². The number of para-hydroxylation sites is 1. The van der Waals surface area contributed by atoms with Crippen molar-refractivity contribution < 1.29 is 9.72 Å². The van der Waals surface area contributed by atoms with Crippen molar-refractivity contribution in [2.24, 2.45) is 0 Å². The number of rotatable bonds is 4. The number of hydrogen-bond donors (Lipinski definition) is 1. The maximum atomic E-state index is 13.2. The number of nitrogens with zero attached hydrogens (tertiary/aromatic N) is 1. The molecule has 1 N–H and O–H groups in total. The van der Waals surface area contributed by atoms with E-state index in [0.29, 0.717) is 22.0 Å². The number of H-pyrrole nitrogens is 1. The molecule has 1 aromatic heterocycles. The first kappa shape index (κ1) is 17.4. The zero-order chi connectivity index (χ0) is 19.7. The van der Waals surface area contributed by atoms with Crippen LogP contribution in [0.4, 0.5) is 5.69 Å². The lowest BCUT2D eigenvalue weighted by molar-refractivity contribution is -0.384. The minimum atomic E-state index is -0.509. The Bertz CT molecular complexity index is 1260. The molecule has 3 aromatic carbocycles. The standard InChI is InChI=1S/C22H14N2O4/c25-21(15-6-2-1-3-7-15)20-19(14-10-12-16(13-11-14)24(27)28)22(26)17-8-4-5-9-18(17)23-20/h1-13H,(H,23,26). The van der Waals surface area contributed by atoms with Gasteiger partial charge in [-0.1, -0.05) is 42.5 Å². The first-order chi connectivity index (χ1) is 13.6. The van der Waals surface area contributed by atoms with Crippen LogP contribution in [0.15, 0.2) is 83.7 Å². The number of non-ortho nitro benzene ring substituents is 1.